The number of aryl methyl sites for hydroxylation is 1. The van der Waals surface area contributed by atoms with E-state index in [1.165, 1.54) is 12.8 Å². The van der Waals surface area contributed by atoms with Crippen LogP contribution in [0.15, 0.2) is 12.3 Å². The maximum atomic E-state index is 12.6. The van der Waals surface area contributed by atoms with Crippen LogP contribution in [0.1, 0.15) is 36.7 Å². The van der Waals surface area contributed by atoms with Crippen LogP contribution in [0.5, 0.6) is 0 Å². The predicted octanol–water partition coefficient (Wildman–Crippen LogP) is 1.89. The van der Waals surface area contributed by atoms with Gasteiger partial charge in [-0.2, -0.15) is 0 Å². The van der Waals surface area contributed by atoms with Crippen LogP contribution in [0.25, 0.3) is 0 Å². The monoisotopic (exact) mass is 292 g/mol. The fraction of sp³-hybridized carbons (Fsp3) is 0.688. The van der Waals surface area contributed by atoms with Crippen molar-refractivity contribution in [3.8, 4) is 0 Å². The summed E-state index contributed by atoms with van der Waals surface area (Å²) >= 11 is 0. The minimum atomic E-state index is 0.0825. The summed E-state index contributed by atoms with van der Waals surface area (Å²) in [5.74, 6) is 0.696. The first-order valence-electron chi connectivity index (χ1n) is 7.91. The molecule has 2 heterocycles. The van der Waals surface area contributed by atoms with Crippen LogP contribution < -0.4 is 5.73 Å². The molecule has 2 rings (SSSR count). The Hall–Kier alpha value is -1.49. The number of likely N-dealkylation sites (tertiary alicyclic amines) is 1. The number of aromatic nitrogens is 1. The highest BCUT2D eigenvalue weighted by Gasteiger charge is 2.22. The number of hydrogen-bond donors (Lipinski definition) is 1. The second-order valence-corrected chi connectivity index (χ2v) is 6.28. The number of nitrogen functional groups attached to an aromatic ring is 1. The lowest BCUT2D eigenvalue weighted by molar-refractivity contribution is 0.0736. The standard InChI is InChI=1S/C16H28N4O/c1-4-7-20-12-14(17)10-15(20)16(21)19(3)11-13-5-8-18(2)9-6-13/h10,12-13H,4-9,11,17H2,1-3H3. The smallest absolute Gasteiger partial charge is 0.270 e. The minimum Gasteiger partial charge on any atom is -0.397 e. The summed E-state index contributed by atoms with van der Waals surface area (Å²) in [4.78, 5) is 16.8. The Morgan fingerprint density at radius 3 is 2.71 bits per heavy atom. The Kier molecular flexibility index (Phi) is 5.28. The number of piperidine rings is 1. The summed E-state index contributed by atoms with van der Waals surface area (Å²) < 4.78 is 1.98. The van der Waals surface area contributed by atoms with Crippen molar-refractivity contribution < 1.29 is 4.79 Å². The minimum absolute atomic E-state index is 0.0825. The van der Waals surface area contributed by atoms with E-state index in [1.54, 1.807) is 6.07 Å². The second-order valence-electron chi connectivity index (χ2n) is 6.28. The van der Waals surface area contributed by atoms with Gasteiger partial charge in [0, 0.05) is 26.3 Å². The SMILES string of the molecule is CCCn1cc(N)cc1C(=O)N(C)CC1CCN(C)CC1. The van der Waals surface area contributed by atoms with E-state index in [2.05, 4.69) is 18.9 Å². The molecule has 0 atom stereocenters. The predicted molar refractivity (Wildman–Crippen MR) is 86.3 cm³/mol. The van der Waals surface area contributed by atoms with Gasteiger partial charge in [0.1, 0.15) is 5.69 Å². The molecule has 1 aliphatic rings. The first-order chi connectivity index (χ1) is 10.0. The Bertz CT molecular complexity index is 475. The van der Waals surface area contributed by atoms with Crippen LogP contribution in [0, 0.1) is 5.92 Å². The quantitative estimate of drug-likeness (QED) is 0.901. The number of nitrogens with zero attached hydrogens (tertiary/aromatic N) is 3. The van der Waals surface area contributed by atoms with E-state index < -0.39 is 0 Å². The van der Waals surface area contributed by atoms with Gasteiger partial charge < -0.3 is 20.1 Å². The Morgan fingerprint density at radius 2 is 2.10 bits per heavy atom. The van der Waals surface area contributed by atoms with Gasteiger partial charge in [0.25, 0.3) is 5.91 Å². The normalized spacial score (nSPS) is 17.1. The van der Waals surface area contributed by atoms with E-state index in [0.29, 0.717) is 17.3 Å². The molecule has 5 nitrogen and oxygen atoms in total. The van der Waals surface area contributed by atoms with Gasteiger partial charge in [-0.15, -0.1) is 0 Å². The van der Waals surface area contributed by atoms with Gasteiger partial charge in [-0.25, -0.2) is 0 Å². The summed E-state index contributed by atoms with van der Waals surface area (Å²) in [5, 5.41) is 0. The van der Waals surface area contributed by atoms with Crippen molar-refractivity contribution in [2.45, 2.75) is 32.7 Å². The Morgan fingerprint density at radius 1 is 1.43 bits per heavy atom. The fourth-order valence-corrected chi connectivity index (χ4v) is 3.05. The van der Waals surface area contributed by atoms with Crippen molar-refractivity contribution in [1.82, 2.24) is 14.4 Å². The lowest BCUT2D eigenvalue weighted by Gasteiger charge is -2.31. The number of hydrogen-bond acceptors (Lipinski definition) is 3. The molecule has 21 heavy (non-hydrogen) atoms. The summed E-state index contributed by atoms with van der Waals surface area (Å²) in [5.41, 5.74) is 7.23. The van der Waals surface area contributed by atoms with E-state index in [-0.39, 0.29) is 5.91 Å². The number of rotatable bonds is 5. The zero-order valence-electron chi connectivity index (χ0n) is 13.5. The van der Waals surface area contributed by atoms with Crippen LogP contribution in [0.2, 0.25) is 0 Å². The molecule has 0 aromatic carbocycles. The van der Waals surface area contributed by atoms with E-state index in [1.807, 2.05) is 22.7 Å². The second kappa shape index (κ2) is 6.98. The molecule has 0 radical (unpaired) electrons. The maximum Gasteiger partial charge on any atom is 0.270 e. The summed E-state index contributed by atoms with van der Waals surface area (Å²) in [6.07, 6.45) is 5.20. The molecule has 1 aromatic rings. The number of amides is 1. The van der Waals surface area contributed by atoms with Crippen LogP contribution in [-0.4, -0.2) is 54.0 Å². The maximum absolute atomic E-state index is 12.6. The Balaban J connectivity index is 1.98. The largest absolute Gasteiger partial charge is 0.397 e. The van der Waals surface area contributed by atoms with Gasteiger partial charge in [-0.05, 0) is 51.4 Å². The number of nitrogens with two attached hydrogens (primary N) is 1. The molecule has 1 aromatic heterocycles. The molecule has 0 bridgehead atoms. The molecular weight excluding hydrogens is 264 g/mol. The third-order valence-corrected chi connectivity index (χ3v) is 4.32. The van der Waals surface area contributed by atoms with Gasteiger partial charge in [0.05, 0.1) is 5.69 Å². The van der Waals surface area contributed by atoms with E-state index >= 15 is 0 Å². The van der Waals surface area contributed by atoms with Crippen molar-refractivity contribution in [3.05, 3.63) is 18.0 Å². The Labute approximate surface area is 127 Å². The average molecular weight is 292 g/mol. The van der Waals surface area contributed by atoms with Crippen molar-refractivity contribution in [2.75, 3.05) is 39.5 Å². The van der Waals surface area contributed by atoms with Crippen molar-refractivity contribution in [3.63, 3.8) is 0 Å². The van der Waals surface area contributed by atoms with Gasteiger partial charge >= 0.3 is 0 Å². The van der Waals surface area contributed by atoms with E-state index in [0.717, 1.165) is 32.6 Å². The third kappa shape index (κ3) is 4.00. The lowest BCUT2D eigenvalue weighted by Crippen LogP contribution is -2.38. The molecule has 118 valence electrons. The molecule has 0 saturated carbocycles. The molecule has 1 fully saturated rings. The molecule has 1 amide bonds. The first kappa shape index (κ1) is 15.9. The number of anilines is 1. The molecule has 1 aliphatic heterocycles. The summed E-state index contributed by atoms with van der Waals surface area (Å²) in [7, 11) is 4.06. The van der Waals surface area contributed by atoms with Gasteiger partial charge in [-0.1, -0.05) is 6.92 Å². The highest BCUT2D eigenvalue weighted by molar-refractivity contribution is 5.93. The van der Waals surface area contributed by atoms with E-state index in [4.69, 9.17) is 5.73 Å². The van der Waals surface area contributed by atoms with Crippen LogP contribution in [0.3, 0.4) is 0 Å². The number of carbonyl (C=O) groups is 1. The fourth-order valence-electron chi connectivity index (χ4n) is 3.05. The third-order valence-electron chi connectivity index (χ3n) is 4.32. The van der Waals surface area contributed by atoms with Gasteiger partial charge in [-0.3, -0.25) is 4.79 Å². The van der Waals surface area contributed by atoms with Crippen LogP contribution in [-0.2, 0) is 6.54 Å². The first-order valence-corrected chi connectivity index (χ1v) is 7.91. The van der Waals surface area contributed by atoms with Crippen molar-refractivity contribution in [2.24, 2.45) is 5.92 Å². The molecule has 1 saturated heterocycles. The molecule has 0 spiro atoms. The zero-order valence-corrected chi connectivity index (χ0v) is 13.5. The van der Waals surface area contributed by atoms with Gasteiger partial charge in [0.2, 0.25) is 0 Å². The molecule has 5 heteroatoms. The lowest BCUT2D eigenvalue weighted by atomic mass is 9.96. The highest BCUT2D eigenvalue weighted by Crippen LogP contribution is 2.19. The van der Waals surface area contributed by atoms with Crippen LogP contribution in [0.4, 0.5) is 5.69 Å². The molecular formula is C16H28N4O. The molecule has 2 N–H and O–H groups in total. The topological polar surface area (TPSA) is 54.5 Å². The summed E-state index contributed by atoms with van der Waals surface area (Å²) in [6, 6.07) is 1.79. The molecule has 0 aliphatic carbocycles. The summed E-state index contributed by atoms with van der Waals surface area (Å²) in [6.45, 7) is 6.04. The van der Waals surface area contributed by atoms with Gasteiger partial charge in [0.15, 0.2) is 0 Å². The number of carbonyl (C=O) groups excluding carboxylic acids is 1. The zero-order chi connectivity index (χ0) is 15.4. The van der Waals surface area contributed by atoms with Crippen molar-refractivity contribution in [1.29, 1.82) is 0 Å². The van der Waals surface area contributed by atoms with Crippen molar-refractivity contribution >= 4 is 11.6 Å². The van der Waals surface area contributed by atoms with E-state index in [9.17, 15) is 4.79 Å². The average Bonchev–Trinajstić information content (AvgIpc) is 2.82. The molecule has 0 unspecified atom stereocenters. The van der Waals surface area contributed by atoms with Crippen LogP contribution >= 0.6 is 0 Å². The highest BCUT2D eigenvalue weighted by atomic mass is 16.2.